The number of nitrogens with zero attached hydrogens (tertiary/aromatic N) is 1. The van der Waals surface area contributed by atoms with Crippen LogP contribution in [0.15, 0.2) is 42.5 Å². The predicted octanol–water partition coefficient (Wildman–Crippen LogP) is 7.36. The van der Waals surface area contributed by atoms with Crippen LogP contribution in [0.4, 0.5) is 0 Å². The smallest absolute Gasteiger partial charge is 0.200 e. The summed E-state index contributed by atoms with van der Waals surface area (Å²) in [6, 6.07) is 11.4. The molecule has 1 heterocycles. The van der Waals surface area contributed by atoms with Crippen molar-refractivity contribution in [1.29, 1.82) is 0 Å². The third kappa shape index (κ3) is 4.10. The molecule has 0 saturated heterocycles. The number of hydrogen-bond acceptors (Lipinski definition) is 0. The summed E-state index contributed by atoms with van der Waals surface area (Å²) in [6.45, 7) is 20.1. The minimum absolute atomic E-state index is 0.0123. The maximum Gasteiger partial charge on any atom is 0.220 e. The molecule has 0 spiro atoms. The maximum absolute atomic E-state index is 8.69. The Bertz CT molecular complexity index is 1160. The summed E-state index contributed by atoms with van der Waals surface area (Å²) in [4.78, 5) is 0. The van der Waals surface area contributed by atoms with E-state index in [4.69, 9.17) is 2.74 Å². The van der Waals surface area contributed by atoms with Crippen LogP contribution >= 0.6 is 0 Å². The van der Waals surface area contributed by atoms with E-state index in [2.05, 4.69) is 92.6 Å². The molecule has 1 heteroatoms. The van der Waals surface area contributed by atoms with Crippen LogP contribution < -0.4 is 4.57 Å². The van der Waals surface area contributed by atoms with E-state index in [9.17, 15) is 0 Å². The van der Waals surface area contributed by atoms with Gasteiger partial charge in [0.05, 0.1) is 12.3 Å². The Morgan fingerprint density at radius 1 is 0.931 bits per heavy atom. The first-order chi connectivity index (χ1) is 14.1. The molecule has 0 saturated carbocycles. The quantitative estimate of drug-likeness (QED) is 0.402. The zero-order valence-electron chi connectivity index (χ0n) is 21.9. The van der Waals surface area contributed by atoms with Crippen LogP contribution in [0.25, 0.3) is 22.0 Å². The van der Waals surface area contributed by atoms with Gasteiger partial charge in [0.2, 0.25) is 5.69 Å². The van der Waals surface area contributed by atoms with Crippen LogP contribution in [0.1, 0.15) is 86.3 Å². The van der Waals surface area contributed by atoms with Gasteiger partial charge in [0.15, 0.2) is 6.17 Å². The summed E-state index contributed by atoms with van der Waals surface area (Å²) in [5.41, 5.74) is 7.31. The first kappa shape index (κ1) is 18.9. The van der Waals surface area contributed by atoms with E-state index in [1.807, 2.05) is 11.6 Å². The summed E-state index contributed by atoms with van der Waals surface area (Å²) < 4.78 is 19.2. The van der Waals surface area contributed by atoms with Gasteiger partial charge in [-0.05, 0) is 63.4 Å². The molecule has 154 valence electrons. The van der Waals surface area contributed by atoms with Crippen LogP contribution in [0.5, 0.6) is 0 Å². The van der Waals surface area contributed by atoms with Crippen molar-refractivity contribution in [2.75, 3.05) is 0 Å². The van der Waals surface area contributed by atoms with Gasteiger partial charge >= 0.3 is 0 Å². The lowest BCUT2D eigenvalue weighted by atomic mass is 9.76. The van der Waals surface area contributed by atoms with Crippen molar-refractivity contribution < 1.29 is 7.31 Å². The molecule has 29 heavy (non-hydrogen) atoms. The molecule has 0 fully saturated rings. The fourth-order valence-corrected chi connectivity index (χ4v) is 4.11. The molecular weight excluding hydrogens is 350 g/mol. The van der Waals surface area contributed by atoms with Crippen molar-refractivity contribution in [3.05, 3.63) is 64.8 Å². The minimum atomic E-state index is 0.0123. The van der Waals surface area contributed by atoms with E-state index >= 15 is 0 Å². The Morgan fingerprint density at radius 2 is 1.59 bits per heavy atom. The van der Waals surface area contributed by atoms with Crippen LogP contribution in [0.2, 0.25) is 0 Å². The highest BCUT2D eigenvalue weighted by atomic mass is 14.9. The van der Waals surface area contributed by atoms with Crippen LogP contribution in [-0.4, -0.2) is 0 Å². The van der Waals surface area contributed by atoms with E-state index in [-0.39, 0.29) is 17.0 Å². The molecule has 1 nitrogen and oxygen atoms in total. The highest BCUT2D eigenvalue weighted by Crippen LogP contribution is 2.38. The fourth-order valence-electron chi connectivity index (χ4n) is 4.11. The zero-order chi connectivity index (χ0) is 23.5. The van der Waals surface area contributed by atoms with Crippen molar-refractivity contribution >= 4 is 10.8 Å². The lowest BCUT2D eigenvalue weighted by Crippen LogP contribution is -2.31. The predicted molar refractivity (Wildman–Crippen MR) is 127 cm³/mol. The Labute approximate surface area is 180 Å². The third-order valence-electron chi connectivity index (χ3n) is 6.00. The SMILES string of the molecule is [2H]c1c([2H])[n+](C)c(-c2cc(C(C)(C)C)cc(C(C)(C)C)c2C)c2ccc(C(C)C)cc12. The first-order valence-electron chi connectivity index (χ1n) is 11.7. The Hall–Kier alpha value is -2.15. The molecule has 3 aromatic rings. The Morgan fingerprint density at radius 3 is 2.14 bits per heavy atom. The Balaban J connectivity index is 2.52. The van der Waals surface area contributed by atoms with Gasteiger partial charge < -0.3 is 0 Å². The van der Waals surface area contributed by atoms with Crippen molar-refractivity contribution in [3.8, 4) is 11.3 Å². The molecule has 3 rings (SSSR count). The van der Waals surface area contributed by atoms with Crippen LogP contribution in [0.3, 0.4) is 0 Å². The molecular formula is C28H38N+. The molecule has 0 bridgehead atoms. The number of aromatic nitrogens is 1. The minimum Gasteiger partial charge on any atom is -0.200 e. The van der Waals surface area contributed by atoms with Crippen molar-refractivity contribution in [2.24, 2.45) is 7.05 Å². The average Bonchev–Trinajstić information content (AvgIpc) is 2.65. The van der Waals surface area contributed by atoms with Gasteiger partial charge in [-0.15, -0.1) is 0 Å². The molecule has 0 N–H and O–H groups in total. The number of benzene rings is 2. The number of rotatable bonds is 2. The van der Waals surface area contributed by atoms with Crippen LogP contribution in [0, 0.1) is 6.92 Å². The highest BCUT2D eigenvalue weighted by Gasteiger charge is 2.27. The van der Waals surface area contributed by atoms with E-state index < -0.39 is 0 Å². The molecule has 2 aromatic carbocycles. The first-order valence-corrected chi connectivity index (χ1v) is 10.7. The van der Waals surface area contributed by atoms with Gasteiger partial charge in [-0.2, -0.15) is 0 Å². The lowest BCUT2D eigenvalue weighted by Gasteiger charge is -2.28. The molecule has 0 radical (unpaired) electrons. The molecule has 0 aliphatic heterocycles. The number of fused-ring (bicyclic) bond motifs is 1. The lowest BCUT2D eigenvalue weighted by molar-refractivity contribution is -0.659. The average molecular weight is 391 g/mol. The highest BCUT2D eigenvalue weighted by molar-refractivity contribution is 5.94. The monoisotopic (exact) mass is 390 g/mol. The second-order valence-corrected chi connectivity index (χ2v) is 10.8. The second kappa shape index (κ2) is 7.27. The van der Waals surface area contributed by atoms with Gasteiger partial charge in [0, 0.05) is 6.04 Å². The largest absolute Gasteiger partial charge is 0.220 e. The molecule has 0 amide bonds. The van der Waals surface area contributed by atoms with Gasteiger partial charge in [0.1, 0.15) is 8.42 Å². The molecule has 0 unspecified atom stereocenters. The maximum atomic E-state index is 8.69. The van der Waals surface area contributed by atoms with Crippen LogP contribution in [-0.2, 0) is 17.9 Å². The van der Waals surface area contributed by atoms with Gasteiger partial charge in [-0.3, -0.25) is 0 Å². The van der Waals surface area contributed by atoms with Gasteiger partial charge in [-0.25, -0.2) is 4.57 Å². The number of hydrogen-bond donors (Lipinski definition) is 0. The summed E-state index contributed by atoms with van der Waals surface area (Å²) in [7, 11) is 1.92. The summed E-state index contributed by atoms with van der Waals surface area (Å²) >= 11 is 0. The van der Waals surface area contributed by atoms with Gasteiger partial charge in [-0.1, -0.05) is 73.6 Å². The topological polar surface area (TPSA) is 3.88 Å². The summed E-state index contributed by atoms with van der Waals surface area (Å²) in [5.74, 6) is 0.383. The van der Waals surface area contributed by atoms with Crippen molar-refractivity contribution in [1.82, 2.24) is 0 Å². The van der Waals surface area contributed by atoms with Crippen molar-refractivity contribution in [3.63, 3.8) is 0 Å². The Kier molecular flexibility index (Phi) is 4.73. The van der Waals surface area contributed by atoms with Crippen molar-refractivity contribution in [2.45, 2.75) is 79.1 Å². The van der Waals surface area contributed by atoms with E-state index in [0.717, 1.165) is 22.0 Å². The van der Waals surface area contributed by atoms with E-state index in [0.29, 0.717) is 12.0 Å². The fraction of sp³-hybridized carbons (Fsp3) is 0.464. The molecule has 0 aliphatic carbocycles. The molecule has 1 aromatic heterocycles. The molecule has 0 atom stereocenters. The van der Waals surface area contributed by atoms with Gasteiger partial charge in [0.25, 0.3) is 0 Å². The standard InChI is InChI=1S/C28H38N/c1-18(2)20-11-12-23-21(15-20)13-14-29(10)26(23)24-16-22(27(4,5)6)17-25(19(24)3)28(7,8)9/h11-18H,1-10H3/q+1/i13D,14D. The van der Waals surface area contributed by atoms with E-state index in [1.54, 1.807) is 0 Å². The molecule has 0 aliphatic rings. The summed E-state index contributed by atoms with van der Waals surface area (Å²) in [6.07, 6.45) is 0.251. The third-order valence-corrected chi connectivity index (χ3v) is 6.00. The zero-order valence-corrected chi connectivity index (χ0v) is 19.9. The number of pyridine rings is 1. The van der Waals surface area contributed by atoms with E-state index in [1.165, 1.54) is 22.3 Å². The summed E-state index contributed by atoms with van der Waals surface area (Å²) in [5, 5.41) is 1.91. The normalized spacial score (nSPS) is 13.8. The second-order valence-electron chi connectivity index (χ2n) is 10.8.